The van der Waals surface area contributed by atoms with Crippen LogP contribution in [0.25, 0.3) is 0 Å². The van der Waals surface area contributed by atoms with Gasteiger partial charge in [-0.3, -0.25) is 4.55 Å². The SMILES string of the molecule is NC(=S)NCS(=O)(=O)O. The zero-order valence-electron chi connectivity index (χ0n) is 4.36. The van der Waals surface area contributed by atoms with E-state index in [4.69, 9.17) is 10.3 Å². The van der Waals surface area contributed by atoms with Gasteiger partial charge in [-0.25, -0.2) is 0 Å². The summed E-state index contributed by atoms with van der Waals surface area (Å²) in [4.78, 5) is 0. The molecule has 54 valence electrons. The monoisotopic (exact) mass is 170 g/mol. The summed E-state index contributed by atoms with van der Waals surface area (Å²) in [7, 11) is -4.00. The van der Waals surface area contributed by atoms with Gasteiger partial charge in [-0.15, -0.1) is 0 Å². The standard InChI is InChI=1S/C2H6N2O3S2/c3-2(8)4-1-9(5,6)7/h1H2,(H3,3,4,8)(H,5,6,7). The van der Waals surface area contributed by atoms with Crippen molar-refractivity contribution >= 4 is 27.4 Å². The van der Waals surface area contributed by atoms with Crippen molar-refractivity contribution < 1.29 is 13.0 Å². The van der Waals surface area contributed by atoms with Gasteiger partial charge in [0, 0.05) is 0 Å². The summed E-state index contributed by atoms with van der Waals surface area (Å²) in [6, 6.07) is 0. The zero-order chi connectivity index (χ0) is 7.49. The molecule has 0 rings (SSSR count). The van der Waals surface area contributed by atoms with E-state index in [1.54, 1.807) is 0 Å². The predicted octanol–water partition coefficient (Wildman–Crippen LogP) is -1.34. The molecule has 0 saturated heterocycles. The Morgan fingerprint density at radius 3 is 2.33 bits per heavy atom. The van der Waals surface area contributed by atoms with Crippen LogP contribution in [0.15, 0.2) is 0 Å². The molecule has 0 aromatic heterocycles. The number of nitrogens with one attached hydrogen (secondary N) is 1. The van der Waals surface area contributed by atoms with Crippen LogP contribution in [0, 0.1) is 0 Å². The highest BCUT2D eigenvalue weighted by molar-refractivity contribution is 7.85. The van der Waals surface area contributed by atoms with Gasteiger partial charge in [-0.1, -0.05) is 0 Å². The molecule has 0 aliphatic rings. The Labute approximate surface area is 58.0 Å². The highest BCUT2D eigenvalue weighted by atomic mass is 32.2. The van der Waals surface area contributed by atoms with Gasteiger partial charge in [0.15, 0.2) is 5.11 Å². The van der Waals surface area contributed by atoms with E-state index in [9.17, 15) is 8.42 Å². The zero-order valence-corrected chi connectivity index (χ0v) is 6.00. The third-order valence-corrected chi connectivity index (χ3v) is 1.08. The molecule has 0 aliphatic carbocycles. The maximum atomic E-state index is 9.91. The van der Waals surface area contributed by atoms with Gasteiger partial charge in [0.2, 0.25) is 0 Å². The van der Waals surface area contributed by atoms with Crippen molar-refractivity contribution in [2.24, 2.45) is 5.73 Å². The van der Waals surface area contributed by atoms with Gasteiger partial charge in [-0.05, 0) is 12.2 Å². The molecule has 0 atom stereocenters. The van der Waals surface area contributed by atoms with Crippen molar-refractivity contribution in [3.8, 4) is 0 Å². The second kappa shape index (κ2) is 2.95. The molecule has 0 heterocycles. The largest absolute Gasteiger partial charge is 0.376 e. The molecule has 0 saturated carbocycles. The molecule has 0 fully saturated rings. The number of thiocarbonyl (C=S) groups is 1. The third kappa shape index (κ3) is 7.60. The Kier molecular flexibility index (Phi) is 2.82. The first-order valence-corrected chi connectivity index (χ1v) is 3.92. The van der Waals surface area contributed by atoms with Crippen LogP contribution < -0.4 is 11.1 Å². The quantitative estimate of drug-likeness (QED) is 0.351. The minimum atomic E-state index is -4.00. The molecule has 0 aliphatic heterocycles. The van der Waals surface area contributed by atoms with Crippen LogP contribution in [0.5, 0.6) is 0 Å². The lowest BCUT2D eigenvalue weighted by molar-refractivity contribution is 0.481. The van der Waals surface area contributed by atoms with Crippen LogP contribution in [0.4, 0.5) is 0 Å². The predicted molar refractivity (Wildman–Crippen MR) is 36.3 cm³/mol. The summed E-state index contributed by atoms with van der Waals surface area (Å²) in [6.07, 6.45) is 0. The molecule has 5 nitrogen and oxygen atoms in total. The summed E-state index contributed by atoms with van der Waals surface area (Å²) in [6.45, 7) is 0. The maximum Gasteiger partial charge on any atom is 0.283 e. The van der Waals surface area contributed by atoms with Gasteiger partial charge >= 0.3 is 0 Å². The number of hydrogen-bond acceptors (Lipinski definition) is 3. The van der Waals surface area contributed by atoms with Crippen molar-refractivity contribution in [1.29, 1.82) is 0 Å². The van der Waals surface area contributed by atoms with E-state index in [2.05, 4.69) is 17.5 Å². The molecule has 0 bridgehead atoms. The van der Waals surface area contributed by atoms with E-state index in [0.29, 0.717) is 0 Å². The van der Waals surface area contributed by atoms with Gasteiger partial charge < -0.3 is 11.1 Å². The fourth-order valence-electron chi connectivity index (χ4n) is 0.162. The highest BCUT2D eigenvalue weighted by Crippen LogP contribution is 1.74. The molecular weight excluding hydrogens is 164 g/mol. The summed E-state index contributed by atoms with van der Waals surface area (Å²) >= 11 is 4.25. The molecule has 9 heavy (non-hydrogen) atoms. The molecule has 0 spiro atoms. The topological polar surface area (TPSA) is 92.4 Å². The fourth-order valence-corrected chi connectivity index (χ4v) is 0.664. The van der Waals surface area contributed by atoms with Gasteiger partial charge in [-0.2, -0.15) is 8.42 Å². The Hall–Kier alpha value is -0.400. The second-order valence-corrected chi connectivity index (χ2v) is 3.16. The van der Waals surface area contributed by atoms with E-state index in [0.717, 1.165) is 0 Å². The fraction of sp³-hybridized carbons (Fsp3) is 0.500. The molecule has 0 unspecified atom stereocenters. The van der Waals surface area contributed by atoms with E-state index in [1.165, 1.54) is 0 Å². The maximum absolute atomic E-state index is 9.91. The second-order valence-electron chi connectivity index (χ2n) is 1.27. The minimum absolute atomic E-state index is 0.160. The lowest BCUT2D eigenvalue weighted by atomic mass is 11.1. The van der Waals surface area contributed by atoms with Crippen LogP contribution >= 0.6 is 12.2 Å². The Bertz CT molecular complexity index is 196. The number of hydrogen-bond donors (Lipinski definition) is 3. The van der Waals surface area contributed by atoms with E-state index in [-0.39, 0.29) is 5.11 Å². The smallest absolute Gasteiger partial charge is 0.283 e. The lowest BCUT2D eigenvalue weighted by Gasteiger charge is -1.97. The van der Waals surface area contributed by atoms with Crippen molar-refractivity contribution in [1.82, 2.24) is 5.32 Å². The highest BCUT2D eigenvalue weighted by Gasteiger charge is 2.01. The van der Waals surface area contributed by atoms with Crippen molar-refractivity contribution in [2.45, 2.75) is 0 Å². The van der Waals surface area contributed by atoms with Gasteiger partial charge in [0.25, 0.3) is 10.1 Å². The molecule has 0 radical (unpaired) electrons. The van der Waals surface area contributed by atoms with E-state index < -0.39 is 16.0 Å². The average Bonchev–Trinajstić information content (AvgIpc) is 1.59. The van der Waals surface area contributed by atoms with E-state index >= 15 is 0 Å². The van der Waals surface area contributed by atoms with Crippen molar-refractivity contribution in [3.63, 3.8) is 0 Å². The van der Waals surface area contributed by atoms with Gasteiger partial charge in [0.1, 0.15) is 5.88 Å². The van der Waals surface area contributed by atoms with Crippen LogP contribution in [-0.4, -0.2) is 24.0 Å². The summed E-state index contributed by atoms with van der Waals surface area (Å²) in [5.74, 6) is -0.637. The van der Waals surface area contributed by atoms with Crippen molar-refractivity contribution in [2.75, 3.05) is 5.88 Å². The third-order valence-electron chi connectivity index (χ3n) is 0.429. The van der Waals surface area contributed by atoms with E-state index in [1.807, 2.05) is 0 Å². The summed E-state index contributed by atoms with van der Waals surface area (Å²) in [5.41, 5.74) is 4.84. The Balaban J connectivity index is 3.67. The summed E-state index contributed by atoms with van der Waals surface area (Å²) < 4.78 is 27.9. The average molecular weight is 170 g/mol. The van der Waals surface area contributed by atoms with Gasteiger partial charge in [0.05, 0.1) is 0 Å². The normalized spacial score (nSPS) is 10.8. The molecular formula is C2H6N2O3S2. The molecule has 0 amide bonds. The van der Waals surface area contributed by atoms with Crippen LogP contribution in [0.2, 0.25) is 0 Å². The lowest BCUT2D eigenvalue weighted by Crippen LogP contribution is -2.33. The number of nitrogens with two attached hydrogens (primary N) is 1. The van der Waals surface area contributed by atoms with Crippen molar-refractivity contribution in [3.05, 3.63) is 0 Å². The van der Waals surface area contributed by atoms with Crippen LogP contribution in [0.3, 0.4) is 0 Å². The molecule has 0 aromatic rings. The molecule has 7 heteroatoms. The van der Waals surface area contributed by atoms with Crippen LogP contribution in [0.1, 0.15) is 0 Å². The first-order chi connectivity index (χ1) is 3.92. The first kappa shape index (κ1) is 8.60. The molecule has 0 aromatic carbocycles. The number of rotatable bonds is 2. The molecule has 4 N–H and O–H groups in total. The van der Waals surface area contributed by atoms with Crippen LogP contribution in [-0.2, 0) is 10.1 Å². The summed E-state index contributed by atoms with van der Waals surface area (Å²) in [5, 5.41) is 1.90. The minimum Gasteiger partial charge on any atom is -0.376 e. The first-order valence-electron chi connectivity index (χ1n) is 1.90. The Morgan fingerprint density at radius 2 is 2.22 bits per heavy atom. The Morgan fingerprint density at radius 1 is 1.78 bits per heavy atom.